The fourth-order valence-corrected chi connectivity index (χ4v) is 2.49. The average molecular weight is 237 g/mol. The van der Waals surface area contributed by atoms with Crippen LogP contribution in [0.1, 0.15) is 33.6 Å². The summed E-state index contributed by atoms with van der Waals surface area (Å²) in [6.45, 7) is 9.78. The fourth-order valence-electron chi connectivity index (χ4n) is 2.49. The van der Waals surface area contributed by atoms with Crippen molar-refractivity contribution < 1.29 is 4.79 Å². The van der Waals surface area contributed by atoms with E-state index in [2.05, 4.69) is 37.1 Å². The maximum atomic E-state index is 11.9. The van der Waals surface area contributed by atoms with Gasteiger partial charge in [0.2, 0.25) is 5.91 Å². The smallest absolute Gasteiger partial charge is 0.240 e. The summed E-state index contributed by atoms with van der Waals surface area (Å²) < 4.78 is 0. The molecule has 1 aliphatic rings. The molecular weight excluding hydrogens is 214 g/mol. The summed E-state index contributed by atoms with van der Waals surface area (Å²) >= 11 is 0. The quantitative estimate of drug-likeness (QED) is 0.759. The molecule has 0 atom stereocenters. The van der Waals surface area contributed by atoms with Crippen LogP contribution in [0.25, 0.3) is 0 Å². The SMILES string of the molecule is CCN(CC)CCNC(=O)C1(C#N)CC(C)C1. The summed E-state index contributed by atoms with van der Waals surface area (Å²) in [6.07, 6.45) is 1.42. The lowest BCUT2D eigenvalue weighted by molar-refractivity contribution is -0.134. The Morgan fingerprint density at radius 1 is 1.47 bits per heavy atom. The molecule has 0 aromatic heterocycles. The first-order chi connectivity index (χ1) is 8.07. The summed E-state index contributed by atoms with van der Waals surface area (Å²) in [5, 5.41) is 12.0. The number of nitriles is 1. The Balaban J connectivity index is 2.33. The molecular formula is C13H23N3O. The Morgan fingerprint density at radius 3 is 2.47 bits per heavy atom. The predicted octanol–water partition coefficient (Wildman–Crippen LogP) is 1.38. The molecule has 0 saturated heterocycles. The van der Waals surface area contributed by atoms with E-state index in [1.165, 1.54) is 0 Å². The highest BCUT2D eigenvalue weighted by molar-refractivity contribution is 5.86. The largest absolute Gasteiger partial charge is 0.353 e. The van der Waals surface area contributed by atoms with Crippen molar-refractivity contribution in [3.63, 3.8) is 0 Å². The van der Waals surface area contributed by atoms with E-state index in [4.69, 9.17) is 5.26 Å². The van der Waals surface area contributed by atoms with Gasteiger partial charge in [0.1, 0.15) is 5.41 Å². The highest BCUT2D eigenvalue weighted by Gasteiger charge is 2.48. The van der Waals surface area contributed by atoms with Crippen LogP contribution in [0.2, 0.25) is 0 Å². The number of likely N-dealkylation sites (N-methyl/N-ethyl adjacent to an activating group) is 1. The van der Waals surface area contributed by atoms with Gasteiger partial charge in [-0.15, -0.1) is 0 Å². The van der Waals surface area contributed by atoms with Crippen LogP contribution >= 0.6 is 0 Å². The molecule has 0 aromatic rings. The van der Waals surface area contributed by atoms with Crippen LogP contribution in [0.3, 0.4) is 0 Å². The van der Waals surface area contributed by atoms with Crippen molar-refractivity contribution in [1.29, 1.82) is 5.26 Å². The van der Waals surface area contributed by atoms with Crippen LogP contribution in [0, 0.1) is 22.7 Å². The van der Waals surface area contributed by atoms with Crippen molar-refractivity contribution in [1.82, 2.24) is 10.2 Å². The van der Waals surface area contributed by atoms with Gasteiger partial charge in [0.15, 0.2) is 0 Å². The number of rotatable bonds is 6. The van der Waals surface area contributed by atoms with Crippen molar-refractivity contribution in [2.45, 2.75) is 33.6 Å². The molecule has 0 radical (unpaired) electrons. The normalized spacial score (nSPS) is 27.4. The minimum absolute atomic E-state index is 0.0785. The zero-order valence-electron chi connectivity index (χ0n) is 11.1. The van der Waals surface area contributed by atoms with E-state index in [0.29, 0.717) is 25.3 Å². The van der Waals surface area contributed by atoms with Crippen LogP contribution in [0.5, 0.6) is 0 Å². The van der Waals surface area contributed by atoms with Gasteiger partial charge in [0.25, 0.3) is 0 Å². The molecule has 0 spiro atoms. The number of nitrogens with one attached hydrogen (secondary N) is 1. The van der Waals surface area contributed by atoms with Gasteiger partial charge >= 0.3 is 0 Å². The predicted molar refractivity (Wildman–Crippen MR) is 67.2 cm³/mol. The summed E-state index contributed by atoms with van der Waals surface area (Å²) in [6, 6.07) is 2.19. The van der Waals surface area contributed by atoms with E-state index in [9.17, 15) is 4.79 Å². The summed E-state index contributed by atoms with van der Waals surface area (Å²) in [7, 11) is 0. The molecule has 1 fully saturated rings. The first kappa shape index (κ1) is 14.0. The van der Waals surface area contributed by atoms with Gasteiger partial charge < -0.3 is 10.2 Å². The number of amides is 1. The third-order valence-corrected chi connectivity index (χ3v) is 3.65. The van der Waals surface area contributed by atoms with E-state index in [-0.39, 0.29) is 5.91 Å². The van der Waals surface area contributed by atoms with Gasteiger partial charge in [0.05, 0.1) is 6.07 Å². The van der Waals surface area contributed by atoms with Crippen LogP contribution < -0.4 is 5.32 Å². The summed E-state index contributed by atoms with van der Waals surface area (Å²) in [5.41, 5.74) is -0.733. The van der Waals surface area contributed by atoms with E-state index in [1.54, 1.807) is 0 Å². The van der Waals surface area contributed by atoms with E-state index in [0.717, 1.165) is 19.6 Å². The molecule has 1 N–H and O–H groups in total. The van der Waals surface area contributed by atoms with Gasteiger partial charge in [-0.3, -0.25) is 4.79 Å². The van der Waals surface area contributed by atoms with E-state index in [1.807, 2.05) is 0 Å². The Hall–Kier alpha value is -1.08. The zero-order chi connectivity index (χ0) is 12.9. The molecule has 4 nitrogen and oxygen atoms in total. The first-order valence-electron chi connectivity index (χ1n) is 6.50. The maximum absolute atomic E-state index is 11.9. The number of hydrogen-bond acceptors (Lipinski definition) is 3. The zero-order valence-corrected chi connectivity index (χ0v) is 11.1. The standard InChI is InChI=1S/C13H23N3O/c1-4-16(5-2)7-6-15-12(17)13(10-14)8-11(3)9-13/h11H,4-9H2,1-3H3,(H,15,17). The van der Waals surface area contributed by atoms with Crippen LogP contribution in [-0.4, -0.2) is 37.0 Å². The molecule has 1 amide bonds. The summed E-state index contributed by atoms with van der Waals surface area (Å²) in [4.78, 5) is 14.2. The van der Waals surface area contributed by atoms with Crippen molar-refractivity contribution in [3.05, 3.63) is 0 Å². The number of carbonyl (C=O) groups excluding carboxylic acids is 1. The Labute approximate surface area is 104 Å². The third kappa shape index (κ3) is 3.19. The first-order valence-corrected chi connectivity index (χ1v) is 6.50. The molecule has 1 rings (SSSR count). The van der Waals surface area contributed by atoms with E-state index < -0.39 is 5.41 Å². The summed E-state index contributed by atoms with van der Waals surface area (Å²) in [5.74, 6) is 0.424. The second-order valence-corrected chi connectivity index (χ2v) is 4.99. The molecule has 0 heterocycles. The molecule has 1 aliphatic carbocycles. The van der Waals surface area contributed by atoms with Crippen molar-refractivity contribution >= 4 is 5.91 Å². The average Bonchev–Trinajstić information content (AvgIpc) is 2.30. The van der Waals surface area contributed by atoms with Gasteiger partial charge in [-0.2, -0.15) is 5.26 Å². The molecule has 1 saturated carbocycles. The molecule has 0 aliphatic heterocycles. The second-order valence-electron chi connectivity index (χ2n) is 4.99. The second kappa shape index (κ2) is 6.02. The number of nitrogens with zero attached hydrogens (tertiary/aromatic N) is 2. The minimum Gasteiger partial charge on any atom is -0.353 e. The lowest BCUT2D eigenvalue weighted by Crippen LogP contribution is -2.49. The van der Waals surface area contributed by atoms with Gasteiger partial charge in [0, 0.05) is 13.1 Å². The van der Waals surface area contributed by atoms with Crippen molar-refractivity contribution in [3.8, 4) is 6.07 Å². The Kier molecular flexibility index (Phi) is 4.95. The molecule has 17 heavy (non-hydrogen) atoms. The number of hydrogen-bond donors (Lipinski definition) is 1. The van der Waals surface area contributed by atoms with Gasteiger partial charge in [-0.1, -0.05) is 20.8 Å². The van der Waals surface area contributed by atoms with Crippen LogP contribution in [-0.2, 0) is 4.79 Å². The van der Waals surface area contributed by atoms with Crippen LogP contribution in [0.4, 0.5) is 0 Å². The van der Waals surface area contributed by atoms with E-state index >= 15 is 0 Å². The maximum Gasteiger partial charge on any atom is 0.240 e. The Bertz CT molecular complexity index is 298. The molecule has 4 heteroatoms. The lowest BCUT2D eigenvalue weighted by atomic mass is 9.63. The molecule has 0 aromatic carbocycles. The monoisotopic (exact) mass is 237 g/mol. The van der Waals surface area contributed by atoms with Gasteiger partial charge in [-0.05, 0) is 31.8 Å². The topological polar surface area (TPSA) is 56.1 Å². The molecule has 96 valence electrons. The van der Waals surface area contributed by atoms with Gasteiger partial charge in [-0.25, -0.2) is 0 Å². The molecule has 0 bridgehead atoms. The third-order valence-electron chi connectivity index (χ3n) is 3.65. The fraction of sp³-hybridized carbons (Fsp3) is 0.846. The lowest BCUT2D eigenvalue weighted by Gasteiger charge is -2.39. The minimum atomic E-state index is -0.733. The highest BCUT2D eigenvalue weighted by Crippen LogP contribution is 2.44. The number of carbonyl (C=O) groups is 1. The van der Waals surface area contributed by atoms with Crippen molar-refractivity contribution in [2.75, 3.05) is 26.2 Å². The van der Waals surface area contributed by atoms with Crippen molar-refractivity contribution in [2.24, 2.45) is 11.3 Å². The highest BCUT2D eigenvalue weighted by atomic mass is 16.2. The molecule has 0 unspecified atom stereocenters. The Morgan fingerprint density at radius 2 is 2.06 bits per heavy atom. The van der Waals surface area contributed by atoms with Crippen LogP contribution in [0.15, 0.2) is 0 Å².